The first-order valence-corrected chi connectivity index (χ1v) is 8.81. The predicted molar refractivity (Wildman–Crippen MR) is 101 cm³/mol. The minimum Gasteiger partial charge on any atom is -0.444 e. The number of nitrogens with zero attached hydrogens (tertiary/aromatic N) is 1. The molecule has 1 aromatic rings. The second kappa shape index (κ2) is 10.0. The molecule has 2 amide bonds. The van der Waals surface area contributed by atoms with Crippen molar-refractivity contribution in [2.24, 2.45) is 0 Å². The molecule has 0 saturated carbocycles. The number of rotatable bonds is 8. The van der Waals surface area contributed by atoms with E-state index in [1.807, 2.05) is 18.2 Å². The van der Waals surface area contributed by atoms with Crippen molar-refractivity contribution < 1.29 is 14.3 Å². The van der Waals surface area contributed by atoms with Gasteiger partial charge in [0, 0.05) is 25.2 Å². The van der Waals surface area contributed by atoms with E-state index in [2.05, 4.69) is 35.4 Å². The Kier molecular flexibility index (Phi) is 8.41. The molecule has 0 aliphatic carbocycles. The van der Waals surface area contributed by atoms with Crippen molar-refractivity contribution in [3.05, 3.63) is 29.8 Å². The smallest absolute Gasteiger partial charge is 0.407 e. The number of benzene rings is 1. The van der Waals surface area contributed by atoms with Crippen LogP contribution < -0.4 is 10.6 Å². The molecule has 0 aromatic heterocycles. The Morgan fingerprint density at radius 3 is 2.44 bits per heavy atom. The number of carbonyl (C=O) groups excluding carboxylic acids is 2. The number of amides is 2. The minimum atomic E-state index is -0.544. The molecule has 0 spiro atoms. The van der Waals surface area contributed by atoms with Gasteiger partial charge in [0.05, 0.1) is 0 Å². The minimum absolute atomic E-state index is 0.143. The molecule has 2 N–H and O–H groups in total. The molecule has 0 radical (unpaired) electrons. The van der Waals surface area contributed by atoms with Crippen LogP contribution in [-0.4, -0.2) is 42.1 Å². The largest absolute Gasteiger partial charge is 0.444 e. The lowest BCUT2D eigenvalue weighted by atomic mass is 10.2. The first-order valence-electron chi connectivity index (χ1n) is 8.81. The summed E-state index contributed by atoms with van der Waals surface area (Å²) in [6.07, 6.45) is -0.319. The number of ether oxygens (including phenoxy) is 1. The molecular formula is C19H31N3O3. The van der Waals surface area contributed by atoms with Crippen molar-refractivity contribution in [1.29, 1.82) is 0 Å². The summed E-state index contributed by atoms with van der Waals surface area (Å²) in [7, 11) is 0. The van der Waals surface area contributed by atoms with Crippen LogP contribution in [0.25, 0.3) is 0 Å². The van der Waals surface area contributed by atoms with Gasteiger partial charge >= 0.3 is 6.09 Å². The SMILES string of the molecule is CCN(CC)Cc1cccc(NC(=O)CCNC(=O)OC(C)(C)C)c1. The quantitative estimate of drug-likeness (QED) is 0.755. The summed E-state index contributed by atoms with van der Waals surface area (Å²) in [4.78, 5) is 25.9. The summed E-state index contributed by atoms with van der Waals surface area (Å²) >= 11 is 0. The summed E-state index contributed by atoms with van der Waals surface area (Å²) in [5, 5.41) is 5.44. The van der Waals surface area contributed by atoms with E-state index in [0.717, 1.165) is 30.9 Å². The Morgan fingerprint density at radius 2 is 1.84 bits per heavy atom. The highest BCUT2D eigenvalue weighted by atomic mass is 16.6. The molecule has 0 atom stereocenters. The average molecular weight is 349 g/mol. The van der Waals surface area contributed by atoms with E-state index in [9.17, 15) is 9.59 Å². The maximum atomic E-state index is 12.0. The summed E-state index contributed by atoms with van der Waals surface area (Å²) in [6.45, 7) is 12.7. The van der Waals surface area contributed by atoms with Gasteiger partial charge in [-0.05, 0) is 51.6 Å². The number of nitrogens with one attached hydrogen (secondary N) is 2. The van der Waals surface area contributed by atoms with Crippen LogP contribution in [0.3, 0.4) is 0 Å². The summed E-state index contributed by atoms with van der Waals surface area (Å²) in [6, 6.07) is 7.84. The van der Waals surface area contributed by atoms with E-state index < -0.39 is 11.7 Å². The summed E-state index contributed by atoms with van der Waals surface area (Å²) < 4.78 is 5.13. The van der Waals surface area contributed by atoms with Crippen molar-refractivity contribution in [2.45, 2.75) is 53.2 Å². The molecule has 1 rings (SSSR count). The van der Waals surface area contributed by atoms with E-state index in [0.29, 0.717) is 0 Å². The van der Waals surface area contributed by atoms with Crippen LogP contribution in [0.15, 0.2) is 24.3 Å². The molecule has 6 nitrogen and oxygen atoms in total. The molecule has 0 bridgehead atoms. The van der Waals surface area contributed by atoms with Crippen LogP contribution in [0.1, 0.15) is 46.6 Å². The summed E-state index contributed by atoms with van der Waals surface area (Å²) in [5.74, 6) is -0.143. The second-order valence-electron chi connectivity index (χ2n) is 6.89. The van der Waals surface area contributed by atoms with Crippen molar-refractivity contribution in [1.82, 2.24) is 10.2 Å². The van der Waals surface area contributed by atoms with Crippen LogP contribution >= 0.6 is 0 Å². The van der Waals surface area contributed by atoms with E-state index >= 15 is 0 Å². The Bertz CT molecular complexity index is 563. The standard InChI is InChI=1S/C19H31N3O3/c1-6-22(7-2)14-15-9-8-10-16(13-15)21-17(23)11-12-20-18(24)25-19(3,4)5/h8-10,13H,6-7,11-12,14H2,1-5H3,(H,20,24)(H,21,23). The lowest BCUT2D eigenvalue weighted by Crippen LogP contribution is -2.34. The normalized spacial score (nSPS) is 11.3. The van der Waals surface area contributed by atoms with Gasteiger partial charge in [-0.1, -0.05) is 26.0 Å². The maximum Gasteiger partial charge on any atom is 0.407 e. The lowest BCUT2D eigenvalue weighted by Gasteiger charge is -2.19. The van der Waals surface area contributed by atoms with Gasteiger partial charge in [-0.3, -0.25) is 9.69 Å². The molecule has 0 aliphatic heterocycles. The van der Waals surface area contributed by atoms with Crippen molar-refractivity contribution >= 4 is 17.7 Å². The Hall–Kier alpha value is -2.08. The first kappa shape index (κ1) is 21.0. The van der Waals surface area contributed by atoms with E-state index in [4.69, 9.17) is 4.74 Å². The Balaban J connectivity index is 2.43. The highest BCUT2D eigenvalue weighted by molar-refractivity contribution is 5.91. The van der Waals surface area contributed by atoms with Gasteiger partial charge in [0.15, 0.2) is 0 Å². The fourth-order valence-electron chi connectivity index (χ4n) is 2.27. The molecule has 25 heavy (non-hydrogen) atoms. The number of hydrogen-bond acceptors (Lipinski definition) is 4. The zero-order valence-electron chi connectivity index (χ0n) is 16.0. The van der Waals surface area contributed by atoms with Gasteiger partial charge in [0.1, 0.15) is 5.60 Å². The van der Waals surface area contributed by atoms with Gasteiger partial charge in [-0.25, -0.2) is 4.79 Å². The molecule has 6 heteroatoms. The van der Waals surface area contributed by atoms with E-state index in [1.165, 1.54) is 0 Å². The third-order valence-electron chi connectivity index (χ3n) is 3.53. The predicted octanol–water partition coefficient (Wildman–Crippen LogP) is 3.38. The number of anilines is 1. The molecule has 0 fully saturated rings. The van der Waals surface area contributed by atoms with Gasteiger partial charge in [0.2, 0.25) is 5.91 Å². The highest BCUT2D eigenvalue weighted by Crippen LogP contribution is 2.13. The molecule has 0 heterocycles. The molecule has 0 aliphatic rings. The molecule has 0 unspecified atom stereocenters. The maximum absolute atomic E-state index is 12.0. The summed E-state index contributed by atoms with van der Waals surface area (Å²) in [5.41, 5.74) is 1.39. The van der Waals surface area contributed by atoms with Crippen molar-refractivity contribution in [3.8, 4) is 0 Å². The van der Waals surface area contributed by atoms with Crippen LogP contribution in [0, 0.1) is 0 Å². The third kappa shape index (κ3) is 9.10. The molecular weight excluding hydrogens is 318 g/mol. The zero-order valence-corrected chi connectivity index (χ0v) is 16.0. The van der Waals surface area contributed by atoms with Crippen molar-refractivity contribution in [3.63, 3.8) is 0 Å². The van der Waals surface area contributed by atoms with Crippen LogP contribution in [0.2, 0.25) is 0 Å². The molecule has 140 valence electrons. The monoisotopic (exact) mass is 349 g/mol. The van der Waals surface area contributed by atoms with Crippen molar-refractivity contribution in [2.75, 3.05) is 25.0 Å². The second-order valence-corrected chi connectivity index (χ2v) is 6.89. The van der Waals surface area contributed by atoms with Gasteiger partial charge < -0.3 is 15.4 Å². The fourth-order valence-corrected chi connectivity index (χ4v) is 2.27. The zero-order chi connectivity index (χ0) is 18.9. The molecule has 1 aromatic carbocycles. The number of hydrogen-bond donors (Lipinski definition) is 2. The van der Waals surface area contributed by atoms with Crippen LogP contribution in [0.5, 0.6) is 0 Å². The van der Waals surface area contributed by atoms with Gasteiger partial charge in [0.25, 0.3) is 0 Å². The van der Waals surface area contributed by atoms with E-state index in [-0.39, 0.29) is 18.9 Å². The molecule has 0 saturated heterocycles. The Morgan fingerprint density at radius 1 is 1.16 bits per heavy atom. The first-order chi connectivity index (χ1) is 11.7. The average Bonchev–Trinajstić information content (AvgIpc) is 2.51. The lowest BCUT2D eigenvalue weighted by molar-refractivity contribution is -0.116. The van der Waals surface area contributed by atoms with Gasteiger partial charge in [-0.2, -0.15) is 0 Å². The number of alkyl carbamates (subject to hydrolysis) is 1. The fraction of sp³-hybridized carbons (Fsp3) is 0.579. The Labute approximate surface area is 150 Å². The highest BCUT2D eigenvalue weighted by Gasteiger charge is 2.15. The van der Waals surface area contributed by atoms with Crippen LogP contribution in [-0.2, 0) is 16.1 Å². The third-order valence-corrected chi connectivity index (χ3v) is 3.53. The van der Waals surface area contributed by atoms with Gasteiger partial charge in [-0.15, -0.1) is 0 Å². The topological polar surface area (TPSA) is 70.7 Å². The van der Waals surface area contributed by atoms with Crippen LogP contribution in [0.4, 0.5) is 10.5 Å². The number of carbonyl (C=O) groups is 2. The van der Waals surface area contributed by atoms with E-state index in [1.54, 1.807) is 20.8 Å².